The van der Waals surface area contributed by atoms with Crippen LogP contribution in [-0.4, -0.2) is 42.8 Å². The van der Waals surface area contributed by atoms with Crippen molar-refractivity contribution in [1.82, 2.24) is 15.6 Å². The largest absolute Gasteiger partial charge is 0.474 e. The summed E-state index contributed by atoms with van der Waals surface area (Å²) in [6.45, 7) is 5.19. The summed E-state index contributed by atoms with van der Waals surface area (Å²) < 4.78 is 11.7. The number of pyridine rings is 1. The van der Waals surface area contributed by atoms with E-state index >= 15 is 0 Å². The predicted molar refractivity (Wildman–Crippen MR) is 119 cm³/mol. The van der Waals surface area contributed by atoms with Crippen LogP contribution in [0.25, 0.3) is 0 Å². The van der Waals surface area contributed by atoms with E-state index in [0.717, 1.165) is 62.8 Å². The van der Waals surface area contributed by atoms with Gasteiger partial charge < -0.3 is 20.1 Å². The number of aliphatic imine (C=N–C) groups is 1. The molecule has 1 saturated carbocycles. The lowest BCUT2D eigenvalue weighted by Gasteiger charge is -2.22. The van der Waals surface area contributed by atoms with Gasteiger partial charge in [0.05, 0.1) is 12.6 Å². The third kappa shape index (κ3) is 7.81. The molecule has 1 unspecified atom stereocenters. The van der Waals surface area contributed by atoms with Crippen molar-refractivity contribution in [2.24, 2.45) is 4.99 Å². The molecule has 2 aliphatic rings. The highest BCUT2D eigenvalue weighted by molar-refractivity contribution is 14.0. The van der Waals surface area contributed by atoms with E-state index < -0.39 is 0 Å². The summed E-state index contributed by atoms with van der Waals surface area (Å²) >= 11 is 0. The zero-order chi connectivity index (χ0) is 18.0. The fraction of sp³-hybridized carbons (Fsp3) is 0.700. The summed E-state index contributed by atoms with van der Waals surface area (Å²) in [5.74, 6) is 1.55. The average Bonchev–Trinajstić information content (AvgIpc) is 3.19. The number of guanidine groups is 1. The zero-order valence-corrected chi connectivity index (χ0v) is 18.6. The van der Waals surface area contributed by atoms with E-state index in [1.807, 2.05) is 18.3 Å². The minimum absolute atomic E-state index is 0. The van der Waals surface area contributed by atoms with Crippen molar-refractivity contribution in [3.63, 3.8) is 0 Å². The van der Waals surface area contributed by atoms with Crippen LogP contribution in [0, 0.1) is 0 Å². The Morgan fingerprint density at radius 2 is 2.07 bits per heavy atom. The van der Waals surface area contributed by atoms with Crippen LogP contribution in [0.1, 0.15) is 57.4 Å². The van der Waals surface area contributed by atoms with Gasteiger partial charge >= 0.3 is 0 Å². The molecular formula is C20H33IN4O2. The summed E-state index contributed by atoms with van der Waals surface area (Å²) in [5, 5.41) is 6.67. The standard InChI is InChI=1S/C20H32N4O2.HI/c1-2-21-20(24-15-18-9-6-12-25-18)23-14-16-10-11-22-19(13-16)26-17-7-4-3-5-8-17;/h10-11,13,17-18H,2-9,12,14-15H2,1H3,(H2,21,23,24);1H. The van der Waals surface area contributed by atoms with E-state index in [-0.39, 0.29) is 24.0 Å². The first-order valence-corrected chi connectivity index (χ1v) is 10.1. The lowest BCUT2D eigenvalue weighted by Crippen LogP contribution is -2.41. The van der Waals surface area contributed by atoms with Gasteiger partial charge in [0.1, 0.15) is 6.10 Å². The van der Waals surface area contributed by atoms with Crippen LogP contribution >= 0.6 is 24.0 Å². The van der Waals surface area contributed by atoms with E-state index in [2.05, 4.69) is 27.5 Å². The van der Waals surface area contributed by atoms with Gasteiger partial charge in [-0.1, -0.05) is 6.42 Å². The van der Waals surface area contributed by atoms with E-state index in [1.165, 1.54) is 19.3 Å². The highest BCUT2D eigenvalue weighted by atomic mass is 127. The molecule has 0 spiro atoms. The van der Waals surface area contributed by atoms with Gasteiger partial charge in [-0.3, -0.25) is 0 Å². The number of nitrogens with one attached hydrogen (secondary N) is 2. The van der Waals surface area contributed by atoms with Crippen LogP contribution in [-0.2, 0) is 11.3 Å². The number of hydrogen-bond acceptors (Lipinski definition) is 4. The maximum absolute atomic E-state index is 6.06. The predicted octanol–water partition coefficient (Wildman–Crippen LogP) is 3.65. The molecule has 0 bridgehead atoms. The first kappa shape index (κ1) is 22.2. The van der Waals surface area contributed by atoms with Gasteiger partial charge in [0.2, 0.25) is 5.88 Å². The van der Waals surface area contributed by atoms with E-state index in [9.17, 15) is 0 Å². The highest BCUT2D eigenvalue weighted by Crippen LogP contribution is 2.22. The number of rotatable bonds is 7. The van der Waals surface area contributed by atoms with Gasteiger partial charge in [-0.05, 0) is 57.1 Å². The van der Waals surface area contributed by atoms with Crippen molar-refractivity contribution in [2.45, 2.75) is 70.6 Å². The van der Waals surface area contributed by atoms with Crippen LogP contribution in [0.5, 0.6) is 5.88 Å². The van der Waals surface area contributed by atoms with E-state index in [1.54, 1.807) is 0 Å². The molecule has 0 radical (unpaired) electrons. The second-order valence-electron chi connectivity index (χ2n) is 7.09. The molecule has 0 amide bonds. The molecule has 3 rings (SSSR count). The summed E-state index contributed by atoms with van der Waals surface area (Å²) in [7, 11) is 0. The number of aromatic nitrogens is 1. The van der Waals surface area contributed by atoms with Crippen molar-refractivity contribution >= 4 is 29.9 Å². The lowest BCUT2D eigenvalue weighted by molar-refractivity contribution is 0.114. The summed E-state index contributed by atoms with van der Waals surface area (Å²) in [5.41, 5.74) is 1.11. The fourth-order valence-corrected chi connectivity index (χ4v) is 3.49. The molecule has 152 valence electrons. The van der Waals surface area contributed by atoms with Crippen molar-refractivity contribution in [2.75, 3.05) is 19.7 Å². The maximum atomic E-state index is 6.06. The highest BCUT2D eigenvalue weighted by Gasteiger charge is 2.16. The molecule has 27 heavy (non-hydrogen) atoms. The molecular weight excluding hydrogens is 455 g/mol. The second-order valence-corrected chi connectivity index (χ2v) is 7.09. The van der Waals surface area contributed by atoms with Crippen LogP contribution in [0.2, 0.25) is 0 Å². The Kier molecular flexibility index (Phi) is 10.2. The molecule has 0 aromatic carbocycles. The molecule has 6 nitrogen and oxygen atoms in total. The lowest BCUT2D eigenvalue weighted by atomic mass is 9.98. The molecule has 2 fully saturated rings. The topological polar surface area (TPSA) is 67.8 Å². The van der Waals surface area contributed by atoms with Crippen LogP contribution < -0.4 is 15.4 Å². The maximum Gasteiger partial charge on any atom is 0.213 e. The van der Waals surface area contributed by atoms with E-state index in [0.29, 0.717) is 18.8 Å². The van der Waals surface area contributed by atoms with Crippen LogP contribution in [0.4, 0.5) is 0 Å². The molecule has 2 N–H and O–H groups in total. The number of ether oxygens (including phenoxy) is 2. The molecule has 1 aliphatic heterocycles. The van der Waals surface area contributed by atoms with Crippen molar-refractivity contribution < 1.29 is 9.47 Å². The number of nitrogens with zero attached hydrogens (tertiary/aromatic N) is 2. The smallest absolute Gasteiger partial charge is 0.213 e. The SMILES string of the molecule is CCNC(=NCc1ccnc(OC2CCCCC2)c1)NCC1CCCO1.I. The molecule has 1 atom stereocenters. The molecule has 1 aromatic heterocycles. The second kappa shape index (κ2) is 12.4. The monoisotopic (exact) mass is 488 g/mol. The van der Waals surface area contributed by atoms with Gasteiger partial charge in [0, 0.05) is 32.0 Å². The third-order valence-electron chi connectivity index (χ3n) is 4.92. The summed E-state index contributed by atoms with van der Waals surface area (Å²) in [6.07, 6.45) is 10.8. The van der Waals surface area contributed by atoms with Gasteiger partial charge in [-0.15, -0.1) is 24.0 Å². The minimum atomic E-state index is 0. The normalized spacial score (nSPS) is 20.8. The Balaban J connectivity index is 0.00000261. The van der Waals surface area contributed by atoms with Crippen LogP contribution in [0.3, 0.4) is 0 Å². The minimum Gasteiger partial charge on any atom is -0.474 e. The van der Waals surface area contributed by atoms with Crippen molar-refractivity contribution in [3.05, 3.63) is 23.9 Å². The van der Waals surface area contributed by atoms with Crippen molar-refractivity contribution in [3.8, 4) is 5.88 Å². The third-order valence-corrected chi connectivity index (χ3v) is 4.92. The Labute approximate surface area is 179 Å². The summed E-state index contributed by atoms with van der Waals surface area (Å²) in [6, 6.07) is 4.02. The van der Waals surface area contributed by atoms with Gasteiger partial charge in [0.25, 0.3) is 0 Å². The Hall–Kier alpha value is -1.09. The molecule has 2 heterocycles. The zero-order valence-electron chi connectivity index (χ0n) is 16.3. The molecule has 1 saturated heterocycles. The molecule has 1 aromatic rings. The quantitative estimate of drug-likeness (QED) is 0.349. The first-order chi connectivity index (χ1) is 12.8. The van der Waals surface area contributed by atoms with Gasteiger partial charge in [-0.2, -0.15) is 0 Å². The van der Waals surface area contributed by atoms with Crippen LogP contribution in [0.15, 0.2) is 23.3 Å². The average molecular weight is 488 g/mol. The Morgan fingerprint density at radius 3 is 2.81 bits per heavy atom. The fourth-order valence-electron chi connectivity index (χ4n) is 3.49. The Morgan fingerprint density at radius 1 is 1.22 bits per heavy atom. The first-order valence-electron chi connectivity index (χ1n) is 10.1. The summed E-state index contributed by atoms with van der Waals surface area (Å²) in [4.78, 5) is 9.06. The van der Waals surface area contributed by atoms with Gasteiger partial charge in [0.15, 0.2) is 5.96 Å². The van der Waals surface area contributed by atoms with Crippen molar-refractivity contribution in [1.29, 1.82) is 0 Å². The number of halogens is 1. The molecule has 1 aliphatic carbocycles. The number of hydrogen-bond donors (Lipinski definition) is 2. The molecule has 7 heteroatoms. The van der Waals surface area contributed by atoms with Gasteiger partial charge in [-0.25, -0.2) is 9.98 Å². The Bertz CT molecular complexity index is 573. The van der Waals surface area contributed by atoms with E-state index in [4.69, 9.17) is 9.47 Å².